The van der Waals surface area contributed by atoms with E-state index in [0.29, 0.717) is 0 Å². The third-order valence-electron chi connectivity index (χ3n) is 4.03. The lowest BCUT2D eigenvalue weighted by Gasteiger charge is -2.02. The topological polar surface area (TPSA) is 28.7 Å². The van der Waals surface area contributed by atoms with Crippen molar-refractivity contribution < 1.29 is 0 Å². The van der Waals surface area contributed by atoms with Gasteiger partial charge in [0, 0.05) is 24.3 Å². The van der Waals surface area contributed by atoms with Crippen LogP contribution in [0.3, 0.4) is 0 Å². The number of nitrogens with one attached hydrogen (secondary N) is 1. The summed E-state index contributed by atoms with van der Waals surface area (Å²) in [4.78, 5) is 7.05. The molecule has 2 rings (SSSR count). The van der Waals surface area contributed by atoms with E-state index in [0.717, 1.165) is 0 Å². The molecule has 0 fully saturated rings. The highest BCUT2D eigenvalue weighted by atomic mass is 14.7. The van der Waals surface area contributed by atoms with Gasteiger partial charge < -0.3 is 4.98 Å². The zero-order chi connectivity index (χ0) is 16.4. The number of rotatable bonds is 11. The number of pyridine rings is 1. The molecule has 0 aliphatic rings. The molecule has 0 aliphatic carbocycles. The Labute approximate surface area is 142 Å². The summed E-state index contributed by atoms with van der Waals surface area (Å²) in [6.07, 6.45) is 20.9. The van der Waals surface area contributed by atoms with E-state index in [2.05, 4.69) is 29.0 Å². The van der Waals surface area contributed by atoms with Crippen LogP contribution < -0.4 is 0 Å². The highest BCUT2D eigenvalue weighted by molar-refractivity contribution is 5.03. The highest BCUT2D eigenvalue weighted by Gasteiger charge is 1.94. The summed E-state index contributed by atoms with van der Waals surface area (Å²) in [7, 11) is 0. The van der Waals surface area contributed by atoms with Crippen LogP contribution in [0.15, 0.2) is 48.9 Å². The predicted octanol–water partition coefficient (Wildman–Crippen LogP) is 6.56. The van der Waals surface area contributed by atoms with Gasteiger partial charge in [-0.3, -0.25) is 4.98 Å². The van der Waals surface area contributed by atoms with Gasteiger partial charge in [0.15, 0.2) is 0 Å². The lowest BCUT2D eigenvalue weighted by Crippen LogP contribution is -1.86. The summed E-state index contributed by atoms with van der Waals surface area (Å²) in [5.74, 6) is 0. The molecule has 0 spiro atoms. The van der Waals surface area contributed by atoms with Crippen LogP contribution in [0, 0.1) is 0 Å². The van der Waals surface area contributed by atoms with Crippen molar-refractivity contribution in [3.05, 3.63) is 54.6 Å². The molecule has 23 heavy (non-hydrogen) atoms. The monoisotopic (exact) mass is 314 g/mol. The fourth-order valence-corrected chi connectivity index (χ4v) is 2.64. The number of aryl methyl sites for hydroxylation is 1. The maximum absolute atomic E-state index is 3.78. The van der Waals surface area contributed by atoms with E-state index >= 15 is 0 Å². The highest BCUT2D eigenvalue weighted by Crippen LogP contribution is 2.11. The van der Waals surface area contributed by atoms with Crippen LogP contribution in [-0.2, 0) is 6.42 Å². The van der Waals surface area contributed by atoms with Gasteiger partial charge in [0.2, 0.25) is 0 Å². The molecule has 0 amide bonds. The second-order valence-corrected chi connectivity index (χ2v) is 6.15. The first-order valence-corrected chi connectivity index (χ1v) is 9.40. The van der Waals surface area contributed by atoms with E-state index in [1.165, 1.54) is 76.3 Å². The molecular weight excluding hydrogens is 280 g/mol. The molecule has 0 aliphatic heterocycles. The maximum Gasteiger partial charge on any atom is 0.0267 e. The van der Waals surface area contributed by atoms with E-state index in [9.17, 15) is 0 Å². The Bertz CT molecular complexity index is 396. The smallest absolute Gasteiger partial charge is 0.0267 e. The molecule has 128 valence electrons. The van der Waals surface area contributed by atoms with Crippen LogP contribution >= 0.6 is 0 Å². The van der Waals surface area contributed by atoms with Gasteiger partial charge >= 0.3 is 0 Å². The molecule has 2 nitrogen and oxygen atoms in total. The minimum Gasteiger partial charge on any atom is -0.365 e. The number of aromatic amines is 1. The number of nitrogens with zero attached hydrogens (tertiary/aromatic N) is 1. The Hall–Kier alpha value is -1.57. The summed E-state index contributed by atoms with van der Waals surface area (Å²) in [6, 6.07) is 9.99. The minimum absolute atomic E-state index is 1.23. The Balaban J connectivity index is 0.000000366. The maximum atomic E-state index is 3.78. The van der Waals surface area contributed by atoms with Gasteiger partial charge in [-0.2, -0.15) is 0 Å². The van der Waals surface area contributed by atoms with Crippen molar-refractivity contribution in [2.75, 3.05) is 0 Å². The second-order valence-electron chi connectivity index (χ2n) is 6.15. The Morgan fingerprint density at radius 1 is 0.739 bits per heavy atom. The largest absolute Gasteiger partial charge is 0.365 e. The molecule has 1 N–H and O–H groups in total. The van der Waals surface area contributed by atoms with Gasteiger partial charge in [0.05, 0.1) is 0 Å². The number of H-pyrrole nitrogens is 1. The van der Waals surface area contributed by atoms with E-state index < -0.39 is 0 Å². The summed E-state index contributed by atoms with van der Waals surface area (Å²) in [6.45, 7) is 2.28. The Morgan fingerprint density at radius 3 is 1.78 bits per heavy atom. The van der Waals surface area contributed by atoms with Crippen LogP contribution in [0.4, 0.5) is 0 Å². The first-order valence-electron chi connectivity index (χ1n) is 9.40. The molecule has 0 saturated heterocycles. The first kappa shape index (κ1) is 19.5. The van der Waals surface area contributed by atoms with Crippen molar-refractivity contribution >= 4 is 0 Å². The average Bonchev–Trinajstić information content (AvgIpc) is 3.12. The van der Waals surface area contributed by atoms with Crippen LogP contribution in [0.5, 0.6) is 0 Å². The molecule has 2 heteroatoms. The molecule has 0 bridgehead atoms. The molecule has 0 aromatic carbocycles. The third-order valence-corrected chi connectivity index (χ3v) is 4.03. The summed E-state index contributed by atoms with van der Waals surface area (Å²) >= 11 is 0. The van der Waals surface area contributed by atoms with Gasteiger partial charge in [0.25, 0.3) is 0 Å². The van der Waals surface area contributed by atoms with E-state index in [1.807, 2.05) is 24.4 Å². The second kappa shape index (κ2) is 15.3. The Kier molecular flexibility index (Phi) is 13.0. The van der Waals surface area contributed by atoms with Gasteiger partial charge in [-0.25, -0.2) is 0 Å². The average molecular weight is 315 g/mol. The van der Waals surface area contributed by atoms with E-state index in [4.69, 9.17) is 0 Å². The van der Waals surface area contributed by atoms with Gasteiger partial charge in [-0.05, 0) is 37.1 Å². The van der Waals surface area contributed by atoms with Crippen molar-refractivity contribution in [3.8, 4) is 0 Å². The molecule has 0 unspecified atom stereocenters. The lowest BCUT2D eigenvalue weighted by molar-refractivity contribution is 0.555. The fraction of sp³-hybridized carbons (Fsp3) is 0.571. The van der Waals surface area contributed by atoms with E-state index in [1.54, 1.807) is 12.4 Å². The quantitative estimate of drug-likeness (QED) is 0.467. The Morgan fingerprint density at radius 2 is 1.35 bits per heavy atom. The number of hydrogen-bond donors (Lipinski definition) is 1. The summed E-state index contributed by atoms with van der Waals surface area (Å²) in [5, 5.41) is 0. The summed E-state index contributed by atoms with van der Waals surface area (Å²) < 4.78 is 0. The predicted molar refractivity (Wildman–Crippen MR) is 101 cm³/mol. The van der Waals surface area contributed by atoms with Crippen molar-refractivity contribution in [1.29, 1.82) is 0 Å². The molecule has 0 atom stereocenters. The van der Waals surface area contributed by atoms with E-state index in [-0.39, 0.29) is 0 Å². The van der Waals surface area contributed by atoms with Crippen molar-refractivity contribution in [1.82, 2.24) is 9.97 Å². The molecule has 2 aromatic rings. The van der Waals surface area contributed by atoms with Gasteiger partial charge in [0.1, 0.15) is 0 Å². The third kappa shape index (κ3) is 12.6. The van der Waals surface area contributed by atoms with Crippen molar-refractivity contribution in [2.45, 2.75) is 77.6 Å². The zero-order valence-electron chi connectivity index (χ0n) is 14.8. The number of unbranched alkanes of at least 4 members (excludes halogenated alkanes) is 9. The van der Waals surface area contributed by atoms with Crippen molar-refractivity contribution in [2.24, 2.45) is 0 Å². The number of hydrogen-bond acceptors (Lipinski definition) is 1. The van der Waals surface area contributed by atoms with Crippen LogP contribution in [0.2, 0.25) is 0 Å². The number of aromatic nitrogens is 2. The minimum atomic E-state index is 1.23. The first-order chi connectivity index (χ1) is 11.4. The fourth-order valence-electron chi connectivity index (χ4n) is 2.64. The standard InChI is InChI=1S/C16H29N.C5H5N/c1-2-3-4-5-6-7-8-9-10-11-13-16-14-12-15-17-16;1-2-4-6-5-3-1/h12,14-15,17H,2-11,13H2,1H3;1-5H. The van der Waals surface area contributed by atoms with Crippen LogP contribution in [0.25, 0.3) is 0 Å². The molecule has 0 radical (unpaired) electrons. The molecular formula is C21H34N2. The molecule has 2 heterocycles. The van der Waals surface area contributed by atoms with Gasteiger partial charge in [-0.15, -0.1) is 0 Å². The zero-order valence-corrected chi connectivity index (χ0v) is 14.8. The molecule has 2 aromatic heterocycles. The SMILES string of the molecule is CCCCCCCCCCCCc1ccc[nH]1.c1ccncc1. The van der Waals surface area contributed by atoms with Crippen LogP contribution in [0.1, 0.15) is 76.8 Å². The van der Waals surface area contributed by atoms with Crippen molar-refractivity contribution in [3.63, 3.8) is 0 Å². The van der Waals surface area contributed by atoms with Gasteiger partial charge in [-0.1, -0.05) is 70.8 Å². The molecule has 0 saturated carbocycles. The lowest BCUT2D eigenvalue weighted by atomic mass is 10.1. The normalized spacial score (nSPS) is 10.1. The van der Waals surface area contributed by atoms with Crippen LogP contribution in [-0.4, -0.2) is 9.97 Å². The summed E-state index contributed by atoms with van der Waals surface area (Å²) in [5.41, 5.74) is 1.39.